The van der Waals surface area contributed by atoms with Crippen molar-refractivity contribution in [2.75, 3.05) is 0 Å². The number of aromatic nitrogens is 5. The van der Waals surface area contributed by atoms with Crippen LogP contribution >= 0.6 is 11.8 Å². The minimum atomic E-state index is -0.443. The van der Waals surface area contributed by atoms with E-state index < -0.39 is 4.92 Å². The zero-order valence-corrected chi connectivity index (χ0v) is 15.7. The van der Waals surface area contributed by atoms with Gasteiger partial charge in [-0.1, -0.05) is 11.8 Å². The van der Waals surface area contributed by atoms with Gasteiger partial charge in [0.25, 0.3) is 5.69 Å². The first-order chi connectivity index (χ1) is 13.1. The largest absolute Gasteiger partial charge is 0.419 e. The summed E-state index contributed by atoms with van der Waals surface area (Å²) in [7, 11) is 0. The second-order valence-corrected chi connectivity index (χ2v) is 7.68. The predicted molar refractivity (Wildman–Crippen MR) is 98.3 cm³/mol. The van der Waals surface area contributed by atoms with Crippen LogP contribution in [0.3, 0.4) is 0 Å². The van der Waals surface area contributed by atoms with Crippen LogP contribution in [-0.2, 0) is 6.54 Å². The molecule has 1 fully saturated rings. The molecule has 9 nitrogen and oxygen atoms in total. The van der Waals surface area contributed by atoms with Gasteiger partial charge in [0.1, 0.15) is 5.82 Å². The van der Waals surface area contributed by atoms with Crippen molar-refractivity contribution >= 4 is 17.4 Å². The number of hydrogen-bond donors (Lipinski definition) is 0. The van der Waals surface area contributed by atoms with Crippen LogP contribution in [0, 0.1) is 10.1 Å². The zero-order chi connectivity index (χ0) is 19.0. The predicted octanol–water partition coefficient (Wildman–Crippen LogP) is 3.99. The molecule has 2 aromatic heterocycles. The molecule has 0 saturated heterocycles. The van der Waals surface area contributed by atoms with Crippen molar-refractivity contribution in [3.05, 3.63) is 46.1 Å². The molecule has 0 spiro atoms. The molecule has 1 atom stereocenters. The highest BCUT2D eigenvalue weighted by molar-refractivity contribution is 7.99. The van der Waals surface area contributed by atoms with Crippen LogP contribution in [0.2, 0.25) is 0 Å². The summed E-state index contributed by atoms with van der Waals surface area (Å²) in [5, 5.41) is 28.4. The normalized spacial score (nSPS) is 15.0. The summed E-state index contributed by atoms with van der Waals surface area (Å²) < 4.78 is 7.92. The molecule has 1 aliphatic rings. The van der Waals surface area contributed by atoms with E-state index in [-0.39, 0.29) is 10.9 Å². The van der Waals surface area contributed by atoms with E-state index in [1.807, 2.05) is 6.92 Å². The molecule has 140 valence electrons. The first kappa shape index (κ1) is 17.7. The highest BCUT2D eigenvalue weighted by atomic mass is 32.2. The highest BCUT2D eigenvalue weighted by Gasteiger charge is 2.30. The molecule has 0 radical (unpaired) electrons. The summed E-state index contributed by atoms with van der Waals surface area (Å²) >= 11 is 1.53. The van der Waals surface area contributed by atoms with E-state index in [9.17, 15) is 10.1 Å². The summed E-state index contributed by atoms with van der Waals surface area (Å²) in [4.78, 5) is 10.3. The molecular formula is C17H18N6O3S. The van der Waals surface area contributed by atoms with E-state index in [2.05, 4.69) is 31.9 Å². The van der Waals surface area contributed by atoms with E-state index in [0.717, 1.165) is 17.5 Å². The first-order valence-electron chi connectivity index (χ1n) is 8.74. The molecule has 27 heavy (non-hydrogen) atoms. The molecule has 1 saturated carbocycles. The second-order valence-electron chi connectivity index (χ2n) is 6.37. The minimum Gasteiger partial charge on any atom is -0.419 e. The molecule has 1 aliphatic carbocycles. The van der Waals surface area contributed by atoms with E-state index >= 15 is 0 Å². The lowest BCUT2D eigenvalue weighted by molar-refractivity contribution is -0.384. The molecule has 10 heteroatoms. The van der Waals surface area contributed by atoms with Crippen LogP contribution in [0.25, 0.3) is 11.5 Å². The maximum absolute atomic E-state index is 10.8. The maximum Gasteiger partial charge on any atom is 0.269 e. The third-order valence-corrected chi connectivity index (χ3v) is 5.47. The maximum atomic E-state index is 10.8. The molecule has 0 N–H and O–H groups in total. The van der Waals surface area contributed by atoms with Gasteiger partial charge in [0, 0.05) is 30.2 Å². The number of nitro benzene ring substituents is 1. The molecule has 4 rings (SSSR count). The summed E-state index contributed by atoms with van der Waals surface area (Å²) in [6, 6.07) is 6.03. The molecule has 1 unspecified atom stereocenters. The Hall–Kier alpha value is -2.75. The van der Waals surface area contributed by atoms with Gasteiger partial charge in [-0.3, -0.25) is 10.1 Å². The van der Waals surface area contributed by atoms with Crippen molar-refractivity contribution in [2.24, 2.45) is 0 Å². The first-order valence-corrected chi connectivity index (χ1v) is 9.62. The van der Waals surface area contributed by atoms with Crippen LogP contribution < -0.4 is 0 Å². The lowest BCUT2D eigenvalue weighted by atomic mass is 10.2. The number of thioether (sulfide) groups is 1. The second kappa shape index (κ2) is 7.10. The fraction of sp³-hybridized carbons (Fsp3) is 0.412. The third kappa shape index (κ3) is 3.57. The number of hydrogen-bond acceptors (Lipinski definition) is 8. The fourth-order valence-corrected chi connectivity index (χ4v) is 3.73. The molecule has 1 aromatic carbocycles. The average molecular weight is 386 g/mol. The Morgan fingerprint density at radius 2 is 2.00 bits per heavy atom. The van der Waals surface area contributed by atoms with Gasteiger partial charge in [-0.15, -0.1) is 20.4 Å². The molecular weight excluding hydrogens is 368 g/mol. The average Bonchev–Trinajstić information content (AvgIpc) is 3.25. The Morgan fingerprint density at radius 3 is 2.63 bits per heavy atom. The molecule has 3 aromatic rings. The molecule has 0 amide bonds. The van der Waals surface area contributed by atoms with E-state index in [4.69, 9.17) is 4.42 Å². The Bertz CT molecular complexity index is 963. The Balaban J connectivity index is 1.50. The van der Waals surface area contributed by atoms with Crippen LogP contribution in [0.5, 0.6) is 0 Å². The van der Waals surface area contributed by atoms with Gasteiger partial charge in [-0.2, -0.15) is 0 Å². The van der Waals surface area contributed by atoms with Gasteiger partial charge in [0.05, 0.1) is 10.2 Å². The van der Waals surface area contributed by atoms with Gasteiger partial charge in [0.2, 0.25) is 11.8 Å². The van der Waals surface area contributed by atoms with Crippen LogP contribution in [0.1, 0.15) is 49.6 Å². The fourth-order valence-electron chi connectivity index (χ4n) is 2.78. The number of nitrogens with zero attached hydrogens (tertiary/aromatic N) is 6. The minimum absolute atomic E-state index is 0.0211. The van der Waals surface area contributed by atoms with Crippen LogP contribution in [-0.4, -0.2) is 29.9 Å². The van der Waals surface area contributed by atoms with Gasteiger partial charge in [-0.05, 0) is 38.8 Å². The van der Waals surface area contributed by atoms with Crippen molar-refractivity contribution in [2.45, 2.75) is 49.6 Å². The van der Waals surface area contributed by atoms with Crippen molar-refractivity contribution in [3.8, 4) is 11.5 Å². The quantitative estimate of drug-likeness (QED) is 0.340. The Kier molecular flexibility index (Phi) is 4.65. The lowest BCUT2D eigenvalue weighted by Gasteiger charge is -2.09. The standard InChI is InChI=1S/C17H18N6O3S/c1-3-22-14(11-4-5-11)18-21-17(22)27-10(2)15-19-20-16(26-15)12-6-8-13(9-7-12)23(24)25/h6-11H,3-5H2,1-2H3. The highest BCUT2D eigenvalue weighted by Crippen LogP contribution is 2.41. The summed E-state index contributed by atoms with van der Waals surface area (Å²) in [6.07, 6.45) is 2.36. The SMILES string of the molecule is CCn1c(SC(C)c2nnc(-c3ccc([N+](=O)[O-])cc3)o2)nnc1C1CC1. The molecule has 2 heterocycles. The smallest absolute Gasteiger partial charge is 0.269 e. The molecule has 0 aliphatic heterocycles. The number of rotatable bonds is 7. The van der Waals surface area contributed by atoms with Crippen molar-refractivity contribution in [1.29, 1.82) is 0 Å². The van der Waals surface area contributed by atoms with Crippen LogP contribution in [0.15, 0.2) is 33.8 Å². The van der Waals surface area contributed by atoms with Crippen LogP contribution in [0.4, 0.5) is 5.69 Å². The number of benzene rings is 1. The Morgan fingerprint density at radius 1 is 1.26 bits per heavy atom. The summed E-state index contributed by atoms with van der Waals surface area (Å²) in [6.45, 7) is 4.89. The van der Waals surface area contributed by atoms with Crippen molar-refractivity contribution < 1.29 is 9.34 Å². The number of non-ortho nitro benzene ring substituents is 1. The van der Waals surface area contributed by atoms with Gasteiger partial charge >= 0.3 is 0 Å². The van der Waals surface area contributed by atoms with Gasteiger partial charge in [0.15, 0.2) is 5.16 Å². The summed E-state index contributed by atoms with van der Waals surface area (Å²) in [5.74, 6) is 2.42. The monoisotopic (exact) mass is 386 g/mol. The number of nitro groups is 1. The van der Waals surface area contributed by atoms with Gasteiger partial charge in [-0.25, -0.2) is 0 Å². The van der Waals surface area contributed by atoms with E-state index in [0.29, 0.717) is 23.3 Å². The molecule has 0 bridgehead atoms. The van der Waals surface area contributed by atoms with E-state index in [1.54, 1.807) is 12.1 Å². The Labute approximate surface area is 159 Å². The van der Waals surface area contributed by atoms with E-state index in [1.165, 1.54) is 36.7 Å². The third-order valence-electron chi connectivity index (χ3n) is 4.40. The summed E-state index contributed by atoms with van der Waals surface area (Å²) in [5.41, 5.74) is 0.664. The topological polar surface area (TPSA) is 113 Å². The van der Waals surface area contributed by atoms with Gasteiger partial charge < -0.3 is 8.98 Å². The van der Waals surface area contributed by atoms with Crippen molar-refractivity contribution in [1.82, 2.24) is 25.0 Å². The lowest BCUT2D eigenvalue weighted by Crippen LogP contribution is -2.02. The van der Waals surface area contributed by atoms with Crippen molar-refractivity contribution in [3.63, 3.8) is 0 Å². The zero-order valence-electron chi connectivity index (χ0n) is 14.9.